The van der Waals surface area contributed by atoms with E-state index < -0.39 is 22.9 Å². The van der Waals surface area contributed by atoms with Gasteiger partial charge < -0.3 is 24.8 Å². The van der Waals surface area contributed by atoms with Crippen molar-refractivity contribution in [3.63, 3.8) is 0 Å². The van der Waals surface area contributed by atoms with E-state index in [1.807, 2.05) is 0 Å². The Morgan fingerprint density at radius 3 is 2.41 bits per heavy atom. The Kier molecular flexibility index (Phi) is 7.35. The second-order valence-electron chi connectivity index (χ2n) is 10.5. The SMILES string of the molecule is C1=C[CH]([Hf+2][CH]2C(n3c4c(c5ccccc53)CCCC4)=Cc3ccccc32)c2cccc(-n3cccc3)c21.[Cl-].[Cl-]. The van der Waals surface area contributed by atoms with Crippen LogP contribution in [-0.2, 0) is 35.7 Å². The zero-order valence-electron chi connectivity index (χ0n) is 21.5. The Bertz CT molecular complexity index is 1730. The minimum Gasteiger partial charge on any atom is -1.00 e. The van der Waals surface area contributed by atoms with E-state index in [4.69, 9.17) is 0 Å². The first-order valence-corrected chi connectivity index (χ1v) is 17.6. The molecule has 0 aliphatic heterocycles. The molecule has 3 aliphatic carbocycles. The summed E-state index contributed by atoms with van der Waals surface area (Å²) in [6.07, 6.45) is 16.8. The van der Waals surface area contributed by atoms with Crippen LogP contribution in [0.4, 0.5) is 0 Å². The van der Waals surface area contributed by atoms with E-state index in [9.17, 15) is 0 Å². The van der Waals surface area contributed by atoms with Gasteiger partial charge in [0.15, 0.2) is 0 Å². The molecule has 2 nitrogen and oxygen atoms in total. The summed E-state index contributed by atoms with van der Waals surface area (Å²) in [4.78, 5) is 0. The second-order valence-corrected chi connectivity index (χ2v) is 16.0. The van der Waals surface area contributed by atoms with Crippen LogP contribution in [0.1, 0.15) is 53.7 Å². The van der Waals surface area contributed by atoms with Gasteiger partial charge in [-0.2, -0.15) is 0 Å². The van der Waals surface area contributed by atoms with E-state index in [0.717, 1.165) is 0 Å². The number of hydrogen-bond donors (Lipinski definition) is 0. The summed E-state index contributed by atoms with van der Waals surface area (Å²) in [6, 6.07) is 29.5. The molecule has 39 heavy (non-hydrogen) atoms. The molecule has 0 amide bonds. The van der Waals surface area contributed by atoms with Gasteiger partial charge in [-0.15, -0.1) is 0 Å². The Labute approximate surface area is 253 Å². The fourth-order valence-corrected chi connectivity index (χ4v) is 13.4. The fourth-order valence-electron chi connectivity index (χ4n) is 6.83. The normalized spacial score (nSPS) is 18.4. The van der Waals surface area contributed by atoms with E-state index >= 15 is 0 Å². The van der Waals surface area contributed by atoms with Gasteiger partial charge in [0, 0.05) is 0 Å². The number of benzene rings is 3. The van der Waals surface area contributed by atoms with Crippen molar-refractivity contribution in [2.24, 2.45) is 0 Å². The number of rotatable bonds is 4. The van der Waals surface area contributed by atoms with Gasteiger partial charge in [-0.25, -0.2) is 0 Å². The minimum atomic E-state index is -1.25. The van der Waals surface area contributed by atoms with Crippen LogP contribution in [0.15, 0.2) is 97.3 Å². The van der Waals surface area contributed by atoms with Crippen LogP contribution in [0.3, 0.4) is 0 Å². The van der Waals surface area contributed by atoms with E-state index in [2.05, 4.69) is 119 Å². The first kappa shape index (κ1) is 26.6. The summed E-state index contributed by atoms with van der Waals surface area (Å²) in [5, 5.41) is 1.48. The van der Waals surface area contributed by atoms with Crippen LogP contribution in [0, 0.1) is 0 Å². The first-order valence-electron chi connectivity index (χ1n) is 13.5. The first-order chi connectivity index (χ1) is 18.4. The Morgan fingerprint density at radius 1 is 0.744 bits per heavy atom. The molecule has 192 valence electrons. The Hall–Kier alpha value is -2.59. The van der Waals surface area contributed by atoms with Crippen LogP contribution >= 0.6 is 0 Å². The van der Waals surface area contributed by atoms with Crippen molar-refractivity contribution in [2.45, 2.75) is 33.0 Å². The van der Waals surface area contributed by atoms with Crippen LogP contribution < -0.4 is 24.8 Å². The van der Waals surface area contributed by atoms with Crippen molar-refractivity contribution in [3.8, 4) is 5.69 Å². The third kappa shape index (κ3) is 4.25. The quantitative estimate of drug-likeness (QED) is 0.253. The maximum Gasteiger partial charge on any atom is -1.00 e. The van der Waals surface area contributed by atoms with Crippen molar-refractivity contribution in [1.82, 2.24) is 9.13 Å². The summed E-state index contributed by atoms with van der Waals surface area (Å²) in [5.74, 6) is 0. The van der Waals surface area contributed by atoms with Gasteiger partial charge in [-0.3, -0.25) is 0 Å². The van der Waals surface area contributed by atoms with Crippen molar-refractivity contribution in [2.75, 3.05) is 0 Å². The molecule has 3 aromatic carbocycles. The molecule has 3 aliphatic rings. The molecule has 5 heteroatoms. The third-order valence-electron chi connectivity index (χ3n) is 8.48. The number of hydrogen-bond acceptors (Lipinski definition) is 0. The smallest absolute Gasteiger partial charge is 1.00 e. The van der Waals surface area contributed by atoms with Crippen LogP contribution in [0.5, 0.6) is 0 Å². The zero-order valence-corrected chi connectivity index (χ0v) is 26.6. The number of nitrogens with zero attached hydrogens (tertiary/aromatic N) is 2. The molecular weight excluding hydrogens is 686 g/mol. The van der Waals surface area contributed by atoms with E-state index in [0.29, 0.717) is 7.35 Å². The van der Waals surface area contributed by atoms with Gasteiger partial charge in [0.1, 0.15) is 0 Å². The number of aryl methyl sites for hydroxylation is 1. The van der Waals surface area contributed by atoms with Crippen molar-refractivity contribution < 1.29 is 47.7 Å². The number of para-hydroxylation sites is 1. The molecule has 5 aromatic rings. The standard InChI is InChI=1S/C21H18N.C13H10N.2ClH.Hf/c1-2-8-16-14-17(13-15(16)7-1)22-20-11-5-3-9-18(20)19-10-4-6-12-21(19)22;1-2-10-14(9-1)13-8-4-6-11-5-3-7-12(11)13;;;/h1-3,5,7-9,11,13-14H,4,6,10,12H2;1-10H;2*1H;/q;;;;+2/p-2. The van der Waals surface area contributed by atoms with Crippen LogP contribution in [0.2, 0.25) is 0 Å². The maximum atomic E-state index is 2.71. The topological polar surface area (TPSA) is 9.86 Å². The molecule has 0 radical (unpaired) electrons. The predicted molar refractivity (Wildman–Crippen MR) is 149 cm³/mol. The minimum absolute atomic E-state index is 0. The number of allylic oxidation sites excluding steroid dienone is 2. The summed E-state index contributed by atoms with van der Waals surface area (Å²) >= 11 is -1.25. The maximum absolute atomic E-state index is 2.71. The fraction of sp³-hybridized carbons (Fsp3) is 0.176. The van der Waals surface area contributed by atoms with Gasteiger partial charge in [-0.1, -0.05) is 0 Å². The van der Waals surface area contributed by atoms with Crippen LogP contribution in [0.25, 0.3) is 34.4 Å². The molecule has 0 fully saturated rings. The summed E-state index contributed by atoms with van der Waals surface area (Å²) in [7, 11) is 0. The van der Waals surface area contributed by atoms with Crippen LogP contribution in [-0.4, -0.2) is 9.13 Å². The zero-order chi connectivity index (χ0) is 24.3. The molecule has 2 aromatic heterocycles. The number of halogens is 2. The molecule has 2 unspecified atom stereocenters. The summed E-state index contributed by atoms with van der Waals surface area (Å²) < 4.78 is 6.13. The van der Waals surface area contributed by atoms with Gasteiger partial charge in [0.05, 0.1) is 0 Å². The van der Waals surface area contributed by atoms with Gasteiger partial charge in [0.2, 0.25) is 0 Å². The third-order valence-corrected chi connectivity index (χ3v) is 15.0. The van der Waals surface area contributed by atoms with Gasteiger partial charge in [0.25, 0.3) is 0 Å². The van der Waals surface area contributed by atoms with E-state index in [1.165, 1.54) is 59.0 Å². The Morgan fingerprint density at radius 2 is 1.51 bits per heavy atom. The average molecular weight is 714 g/mol. The second kappa shape index (κ2) is 10.8. The molecule has 2 heterocycles. The van der Waals surface area contributed by atoms with Crippen molar-refractivity contribution in [1.29, 1.82) is 0 Å². The monoisotopic (exact) mass is 714 g/mol. The Balaban J connectivity index is 0.00000138. The molecule has 2 atom stereocenters. The molecule has 0 N–H and O–H groups in total. The van der Waals surface area contributed by atoms with Gasteiger partial charge in [-0.05, 0) is 0 Å². The van der Waals surface area contributed by atoms with Crippen molar-refractivity contribution >= 4 is 28.8 Å². The van der Waals surface area contributed by atoms with Crippen molar-refractivity contribution in [3.05, 3.63) is 131 Å². The number of fused-ring (bicyclic) bond motifs is 5. The molecule has 0 bridgehead atoms. The van der Waals surface area contributed by atoms with E-state index in [-0.39, 0.29) is 24.8 Å². The largest absolute Gasteiger partial charge is 1.00 e. The van der Waals surface area contributed by atoms with Gasteiger partial charge >= 0.3 is 230 Å². The summed E-state index contributed by atoms with van der Waals surface area (Å²) in [6.45, 7) is 0. The average Bonchev–Trinajstić information content (AvgIpc) is 3.74. The molecular formula is C34H28Cl2HfN2. The number of aromatic nitrogens is 2. The molecule has 0 saturated heterocycles. The summed E-state index contributed by atoms with van der Waals surface area (Å²) in [5.41, 5.74) is 13.4. The predicted octanol–water partition coefficient (Wildman–Crippen LogP) is 2.22. The molecule has 0 saturated carbocycles. The van der Waals surface area contributed by atoms with E-state index in [1.54, 1.807) is 22.5 Å². The molecule has 0 spiro atoms. The molecule has 8 rings (SSSR count).